The highest BCUT2D eigenvalue weighted by molar-refractivity contribution is 6.31. The zero-order chi connectivity index (χ0) is 17.4. The monoisotopic (exact) mass is 360 g/mol. The van der Waals surface area contributed by atoms with Gasteiger partial charge in [-0.15, -0.1) is 0 Å². The number of nitrogens with one attached hydrogen (secondary N) is 1. The fourth-order valence-electron chi connectivity index (χ4n) is 2.71. The third-order valence-corrected chi connectivity index (χ3v) is 4.12. The first-order valence-electron chi connectivity index (χ1n) is 7.67. The molecule has 1 aliphatic rings. The first kappa shape index (κ1) is 15.7. The van der Waals surface area contributed by atoms with Crippen LogP contribution < -0.4 is 11.1 Å². The molecule has 6 nitrogen and oxygen atoms in total. The van der Waals surface area contributed by atoms with E-state index in [1.165, 1.54) is 6.07 Å². The minimum Gasteiger partial charge on any atom is -0.465 e. The molecule has 0 aliphatic carbocycles. The number of oxazole rings is 1. The number of nitrogens with zero attached hydrogens (tertiary/aromatic N) is 2. The largest absolute Gasteiger partial charge is 0.465 e. The molecule has 0 amide bonds. The second kappa shape index (κ2) is 6.25. The van der Waals surface area contributed by atoms with Gasteiger partial charge in [-0.25, -0.2) is 9.38 Å². The molecule has 0 saturated heterocycles. The number of fused-ring (bicyclic) bond motifs is 1. The summed E-state index contributed by atoms with van der Waals surface area (Å²) in [6.07, 6.45) is 0.558. The molecule has 1 aliphatic heterocycles. The van der Waals surface area contributed by atoms with E-state index in [-0.39, 0.29) is 17.9 Å². The topological polar surface area (TPSA) is 85.7 Å². The van der Waals surface area contributed by atoms with Crippen molar-refractivity contribution in [2.75, 3.05) is 11.9 Å². The van der Waals surface area contributed by atoms with Gasteiger partial charge in [0.1, 0.15) is 11.3 Å². The van der Waals surface area contributed by atoms with Gasteiger partial charge in [-0.05, 0) is 30.3 Å². The Kier molecular flexibility index (Phi) is 3.93. The van der Waals surface area contributed by atoms with E-state index in [4.69, 9.17) is 26.5 Å². The van der Waals surface area contributed by atoms with Crippen LogP contribution in [0.3, 0.4) is 0 Å². The van der Waals surface area contributed by atoms with Crippen molar-refractivity contribution >= 4 is 40.4 Å². The van der Waals surface area contributed by atoms with Gasteiger partial charge < -0.3 is 20.2 Å². The number of halogens is 2. The van der Waals surface area contributed by atoms with Crippen molar-refractivity contribution in [3.05, 3.63) is 52.8 Å². The molecule has 2 aromatic carbocycles. The average Bonchev–Trinajstić information content (AvgIpc) is 2.98. The predicted octanol–water partition coefficient (Wildman–Crippen LogP) is 4.14. The van der Waals surface area contributed by atoms with E-state index in [1.54, 1.807) is 30.3 Å². The molecule has 0 bridgehead atoms. The summed E-state index contributed by atoms with van der Waals surface area (Å²) in [4.78, 5) is 8.48. The quantitative estimate of drug-likeness (QED) is 0.733. The lowest BCUT2D eigenvalue weighted by molar-refractivity contribution is 0.255. The lowest BCUT2D eigenvalue weighted by atomic mass is 10.0. The van der Waals surface area contributed by atoms with E-state index < -0.39 is 0 Å². The fraction of sp³-hybridized carbons (Fsp3) is 0.176. The molecule has 0 spiro atoms. The van der Waals surface area contributed by atoms with E-state index in [2.05, 4.69) is 15.3 Å². The molecule has 25 heavy (non-hydrogen) atoms. The van der Waals surface area contributed by atoms with Gasteiger partial charge in [0, 0.05) is 28.8 Å². The zero-order valence-corrected chi connectivity index (χ0v) is 13.8. The lowest BCUT2D eigenvalue weighted by Crippen LogP contribution is -2.24. The number of rotatable bonds is 3. The second-order valence-electron chi connectivity index (χ2n) is 5.61. The summed E-state index contributed by atoms with van der Waals surface area (Å²) in [6, 6.07) is 9.83. The van der Waals surface area contributed by atoms with Crippen LogP contribution in [0.25, 0.3) is 11.1 Å². The molecule has 3 aromatic rings. The number of anilines is 2. The molecule has 4 rings (SSSR count). The standard InChI is InChI=1S/C17H14ClFN4O2/c18-9-1-4-14-15(7-9)25-17(23-14)21-10-2-3-12(19)11(8-10)13-5-6-24-16(20)22-13/h1-4,7-8,13H,5-6H2,(H2,20,22)(H,21,23)/t13-/m0/s1. The molecule has 3 N–H and O–H groups in total. The van der Waals surface area contributed by atoms with Crippen molar-refractivity contribution in [3.63, 3.8) is 0 Å². The normalized spacial score (nSPS) is 17.2. The van der Waals surface area contributed by atoms with Gasteiger partial charge in [0.15, 0.2) is 5.58 Å². The summed E-state index contributed by atoms with van der Waals surface area (Å²) >= 11 is 5.94. The summed E-state index contributed by atoms with van der Waals surface area (Å²) < 4.78 is 24.9. The average molecular weight is 361 g/mol. The second-order valence-corrected chi connectivity index (χ2v) is 6.05. The van der Waals surface area contributed by atoms with Crippen molar-refractivity contribution in [2.45, 2.75) is 12.5 Å². The predicted molar refractivity (Wildman–Crippen MR) is 93.6 cm³/mol. The molecule has 0 radical (unpaired) electrons. The van der Waals surface area contributed by atoms with Gasteiger partial charge >= 0.3 is 0 Å². The summed E-state index contributed by atoms with van der Waals surface area (Å²) in [5.74, 6) is -0.349. The number of benzene rings is 2. The Hall–Kier alpha value is -2.80. The van der Waals surface area contributed by atoms with Gasteiger partial charge in [0.25, 0.3) is 12.0 Å². The van der Waals surface area contributed by atoms with Crippen LogP contribution in [0, 0.1) is 5.82 Å². The molecule has 8 heteroatoms. The third-order valence-electron chi connectivity index (χ3n) is 3.88. The number of aliphatic imine (C=N–C) groups is 1. The fourth-order valence-corrected chi connectivity index (χ4v) is 2.87. The van der Waals surface area contributed by atoms with Crippen LogP contribution in [0.2, 0.25) is 5.02 Å². The van der Waals surface area contributed by atoms with E-state index in [0.29, 0.717) is 46.4 Å². The molecule has 1 atom stereocenters. The van der Waals surface area contributed by atoms with Crippen LogP contribution in [0.5, 0.6) is 0 Å². The Morgan fingerprint density at radius 3 is 2.96 bits per heavy atom. The maximum absolute atomic E-state index is 14.2. The van der Waals surface area contributed by atoms with Crippen LogP contribution in [-0.2, 0) is 4.74 Å². The smallest absolute Gasteiger partial charge is 0.300 e. The molecule has 128 valence electrons. The van der Waals surface area contributed by atoms with Crippen LogP contribution in [-0.4, -0.2) is 17.6 Å². The van der Waals surface area contributed by atoms with Crippen molar-refractivity contribution in [1.82, 2.24) is 4.98 Å². The highest BCUT2D eigenvalue weighted by Crippen LogP contribution is 2.30. The molecule has 1 aromatic heterocycles. The van der Waals surface area contributed by atoms with Crippen LogP contribution >= 0.6 is 11.6 Å². The van der Waals surface area contributed by atoms with Crippen LogP contribution in [0.4, 0.5) is 16.1 Å². The Morgan fingerprint density at radius 2 is 2.12 bits per heavy atom. The minimum absolute atomic E-state index is 0.0739. The molecule has 2 heterocycles. The highest BCUT2D eigenvalue weighted by Gasteiger charge is 2.20. The Bertz CT molecular complexity index is 972. The van der Waals surface area contributed by atoms with E-state index >= 15 is 0 Å². The molecular formula is C17H14ClFN4O2. The van der Waals surface area contributed by atoms with E-state index in [0.717, 1.165) is 0 Å². The number of aromatic nitrogens is 1. The first-order valence-corrected chi connectivity index (χ1v) is 8.05. The van der Waals surface area contributed by atoms with Gasteiger partial charge in [-0.3, -0.25) is 0 Å². The molecule has 0 fully saturated rings. The minimum atomic E-state index is -0.377. The summed E-state index contributed by atoms with van der Waals surface area (Å²) in [5, 5.41) is 3.60. The number of nitrogens with two attached hydrogens (primary N) is 1. The van der Waals surface area contributed by atoms with Gasteiger partial charge in [-0.2, -0.15) is 4.98 Å². The number of hydrogen-bond donors (Lipinski definition) is 2. The van der Waals surface area contributed by atoms with Gasteiger partial charge in [0.2, 0.25) is 0 Å². The third kappa shape index (κ3) is 3.23. The summed E-state index contributed by atoms with van der Waals surface area (Å²) in [7, 11) is 0. The van der Waals surface area contributed by atoms with Crippen molar-refractivity contribution in [2.24, 2.45) is 10.7 Å². The lowest BCUT2D eigenvalue weighted by Gasteiger charge is -2.20. The van der Waals surface area contributed by atoms with Crippen LogP contribution in [0.1, 0.15) is 18.0 Å². The Morgan fingerprint density at radius 1 is 1.24 bits per heavy atom. The highest BCUT2D eigenvalue weighted by atomic mass is 35.5. The number of amidine groups is 1. The Labute approximate surface area is 147 Å². The van der Waals surface area contributed by atoms with Crippen molar-refractivity contribution in [3.8, 4) is 0 Å². The maximum atomic E-state index is 14.2. The van der Waals surface area contributed by atoms with E-state index in [1.807, 2.05) is 0 Å². The SMILES string of the molecule is NC1=N[C@H](c2cc(Nc3nc4ccc(Cl)cc4o3)ccc2F)CCO1. The van der Waals surface area contributed by atoms with Gasteiger partial charge in [0.05, 0.1) is 12.6 Å². The molecule has 0 saturated carbocycles. The maximum Gasteiger partial charge on any atom is 0.300 e. The Balaban J connectivity index is 1.64. The number of ether oxygens (including phenoxy) is 1. The summed E-state index contributed by atoms with van der Waals surface area (Å²) in [5.41, 5.74) is 7.90. The van der Waals surface area contributed by atoms with Gasteiger partial charge in [-0.1, -0.05) is 11.6 Å². The molecular weight excluding hydrogens is 347 g/mol. The van der Waals surface area contributed by atoms with Crippen LogP contribution in [0.15, 0.2) is 45.8 Å². The zero-order valence-electron chi connectivity index (χ0n) is 13.0. The van der Waals surface area contributed by atoms with E-state index in [9.17, 15) is 4.39 Å². The first-order chi connectivity index (χ1) is 12.1. The molecule has 0 unspecified atom stereocenters. The number of hydrogen-bond acceptors (Lipinski definition) is 6. The summed E-state index contributed by atoms with van der Waals surface area (Å²) in [6.45, 7) is 0.406. The van der Waals surface area contributed by atoms with Crippen molar-refractivity contribution < 1.29 is 13.5 Å². The van der Waals surface area contributed by atoms with Crippen molar-refractivity contribution in [1.29, 1.82) is 0 Å².